The Labute approximate surface area is 123 Å². The molecule has 0 spiro atoms. The van der Waals surface area contributed by atoms with Crippen molar-refractivity contribution < 1.29 is 14.7 Å². The van der Waals surface area contributed by atoms with E-state index >= 15 is 0 Å². The molecule has 1 heterocycles. The van der Waals surface area contributed by atoms with Crippen LogP contribution in [-0.2, 0) is 4.79 Å². The van der Waals surface area contributed by atoms with E-state index in [0.717, 1.165) is 0 Å². The number of amides is 1. The number of hydrogen-bond acceptors (Lipinski definition) is 3. The van der Waals surface area contributed by atoms with Gasteiger partial charge in [0.05, 0.1) is 16.5 Å². The molecule has 0 aliphatic carbocycles. The molecule has 0 aromatic carbocycles. The van der Waals surface area contributed by atoms with E-state index in [2.05, 4.69) is 10.3 Å². The minimum absolute atomic E-state index is 0.0661. The van der Waals surface area contributed by atoms with Crippen molar-refractivity contribution in [3.8, 4) is 0 Å². The van der Waals surface area contributed by atoms with Gasteiger partial charge in [-0.15, -0.1) is 0 Å². The van der Waals surface area contributed by atoms with Crippen LogP contribution in [0.25, 0.3) is 0 Å². The molecular weight excluding hydrogens is 280 g/mol. The Morgan fingerprint density at radius 3 is 2.60 bits per heavy atom. The molecule has 1 amide bonds. The minimum Gasteiger partial charge on any atom is -0.481 e. The van der Waals surface area contributed by atoms with Crippen molar-refractivity contribution in [2.75, 3.05) is 6.54 Å². The van der Waals surface area contributed by atoms with Crippen LogP contribution in [0.15, 0.2) is 18.5 Å². The molecule has 0 bridgehead atoms. The zero-order valence-electron chi connectivity index (χ0n) is 11.8. The number of hydrogen-bond donors (Lipinski definition) is 2. The second-order valence-corrected chi connectivity index (χ2v) is 6.27. The van der Waals surface area contributed by atoms with Crippen LogP contribution >= 0.6 is 11.6 Å². The topological polar surface area (TPSA) is 79.3 Å². The van der Waals surface area contributed by atoms with Crippen LogP contribution in [0.4, 0.5) is 0 Å². The summed E-state index contributed by atoms with van der Waals surface area (Å²) < 4.78 is 0. The fourth-order valence-electron chi connectivity index (χ4n) is 1.84. The number of aromatic nitrogens is 1. The second kappa shape index (κ2) is 6.70. The molecule has 1 aromatic heterocycles. The third kappa shape index (κ3) is 5.17. The van der Waals surface area contributed by atoms with Crippen molar-refractivity contribution in [3.05, 3.63) is 29.0 Å². The number of carbonyl (C=O) groups is 2. The van der Waals surface area contributed by atoms with E-state index in [0.29, 0.717) is 11.4 Å². The first kappa shape index (κ1) is 16.4. The zero-order chi connectivity index (χ0) is 15.3. The number of pyridine rings is 1. The highest BCUT2D eigenvalue weighted by molar-refractivity contribution is 6.33. The van der Waals surface area contributed by atoms with Crippen LogP contribution in [0.5, 0.6) is 0 Å². The molecule has 0 saturated heterocycles. The molecule has 0 aliphatic heterocycles. The Morgan fingerprint density at radius 1 is 1.45 bits per heavy atom. The van der Waals surface area contributed by atoms with Gasteiger partial charge >= 0.3 is 5.97 Å². The van der Waals surface area contributed by atoms with Gasteiger partial charge in [0.2, 0.25) is 0 Å². The van der Waals surface area contributed by atoms with Crippen molar-refractivity contribution >= 4 is 23.5 Å². The van der Waals surface area contributed by atoms with Crippen LogP contribution in [0.2, 0.25) is 5.02 Å². The van der Waals surface area contributed by atoms with E-state index in [9.17, 15) is 14.7 Å². The van der Waals surface area contributed by atoms with Gasteiger partial charge in [0.15, 0.2) is 0 Å². The summed E-state index contributed by atoms with van der Waals surface area (Å²) in [5.41, 5.74) is 0.119. The Hall–Kier alpha value is -1.62. The van der Waals surface area contributed by atoms with Crippen molar-refractivity contribution in [1.29, 1.82) is 0 Å². The number of carboxylic acids is 1. The molecule has 0 aliphatic rings. The quantitative estimate of drug-likeness (QED) is 0.875. The van der Waals surface area contributed by atoms with Crippen molar-refractivity contribution in [3.63, 3.8) is 0 Å². The lowest BCUT2D eigenvalue weighted by Gasteiger charge is -2.23. The Balaban J connectivity index is 2.67. The zero-order valence-corrected chi connectivity index (χ0v) is 12.6. The summed E-state index contributed by atoms with van der Waals surface area (Å²) in [6.45, 7) is 5.95. The summed E-state index contributed by atoms with van der Waals surface area (Å²) in [6.07, 6.45) is 3.32. The van der Waals surface area contributed by atoms with Crippen molar-refractivity contribution in [2.24, 2.45) is 11.3 Å². The molecule has 2 N–H and O–H groups in total. The molecule has 1 rings (SSSR count). The lowest BCUT2D eigenvalue weighted by atomic mass is 9.84. The number of halogens is 1. The molecule has 20 heavy (non-hydrogen) atoms. The molecule has 1 aromatic rings. The summed E-state index contributed by atoms with van der Waals surface area (Å²) >= 11 is 5.89. The van der Waals surface area contributed by atoms with Crippen LogP contribution in [0, 0.1) is 11.3 Å². The average Bonchev–Trinajstić information content (AvgIpc) is 2.33. The van der Waals surface area contributed by atoms with Gasteiger partial charge in [-0.1, -0.05) is 32.4 Å². The fraction of sp³-hybridized carbons (Fsp3) is 0.500. The lowest BCUT2D eigenvalue weighted by molar-refractivity contribution is -0.142. The van der Waals surface area contributed by atoms with Crippen LogP contribution in [-0.4, -0.2) is 28.5 Å². The minimum atomic E-state index is -0.919. The van der Waals surface area contributed by atoms with Crippen molar-refractivity contribution in [2.45, 2.75) is 27.2 Å². The van der Waals surface area contributed by atoms with Crippen LogP contribution in [0.3, 0.4) is 0 Å². The van der Waals surface area contributed by atoms with E-state index in [4.69, 9.17) is 11.6 Å². The number of nitrogens with one attached hydrogen (secondary N) is 1. The third-order valence-electron chi connectivity index (χ3n) is 2.73. The van der Waals surface area contributed by atoms with Gasteiger partial charge in [-0.3, -0.25) is 14.6 Å². The largest absolute Gasteiger partial charge is 0.481 e. The summed E-state index contributed by atoms with van der Waals surface area (Å²) in [7, 11) is 0. The molecule has 1 atom stereocenters. The van der Waals surface area contributed by atoms with E-state index in [1.54, 1.807) is 0 Å². The van der Waals surface area contributed by atoms with Gasteiger partial charge < -0.3 is 10.4 Å². The summed E-state index contributed by atoms with van der Waals surface area (Å²) in [6, 6.07) is 1.51. The predicted octanol–water partition coefficient (Wildman–Crippen LogP) is 2.60. The first-order valence-corrected chi connectivity index (χ1v) is 6.69. The maximum Gasteiger partial charge on any atom is 0.308 e. The molecular formula is C14H19ClN2O3. The highest BCUT2D eigenvalue weighted by Gasteiger charge is 2.25. The molecule has 0 fully saturated rings. The highest BCUT2D eigenvalue weighted by Crippen LogP contribution is 2.24. The molecule has 0 radical (unpaired) electrons. The van der Waals surface area contributed by atoms with Gasteiger partial charge in [-0.2, -0.15) is 0 Å². The highest BCUT2D eigenvalue weighted by atomic mass is 35.5. The number of carbonyl (C=O) groups excluding carboxylic acids is 1. The van der Waals surface area contributed by atoms with Crippen molar-refractivity contribution in [1.82, 2.24) is 10.3 Å². The number of rotatable bonds is 5. The SMILES string of the molecule is CC(C)(C)CC(CNC(=O)c1cnccc1Cl)C(=O)O. The number of aliphatic carboxylic acids is 1. The number of nitrogens with zero attached hydrogens (tertiary/aromatic N) is 1. The first-order chi connectivity index (χ1) is 9.20. The Morgan fingerprint density at radius 2 is 2.10 bits per heavy atom. The average molecular weight is 299 g/mol. The normalized spacial score (nSPS) is 12.8. The Kier molecular flexibility index (Phi) is 5.51. The fourth-order valence-corrected chi connectivity index (χ4v) is 2.03. The number of carboxylic acid groups (broad SMARTS) is 1. The summed E-state index contributed by atoms with van der Waals surface area (Å²) in [5, 5.41) is 12.1. The van der Waals surface area contributed by atoms with Crippen LogP contribution < -0.4 is 5.32 Å². The molecule has 1 unspecified atom stereocenters. The molecule has 5 nitrogen and oxygen atoms in total. The Bertz CT molecular complexity index is 497. The monoisotopic (exact) mass is 298 g/mol. The predicted molar refractivity (Wildman–Crippen MR) is 76.8 cm³/mol. The molecule has 0 saturated carbocycles. The van der Waals surface area contributed by atoms with Gasteiger partial charge in [0.1, 0.15) is 0 Å². The van der Waals surface area contributed by atoms with Gasteiger partial charge in [0.25, 0.3) is 5.91 Å². The van der Waals surface area contributed by atoms with Gasteiger partial charge in [-0.25, -0.2) is 0 Å². The second-order valence-electron chi connectivity index (χ2n) is 5.87. The van der Waals surface area contributed by atoms with E-state index in [1.807, 2.05) is 20.8 Å². The lowest BCUT2D eigenvalue weighted by Crippen LogP contribution is -2.35. The third-order valence-corrected chi connectivity index (χ3v) is 3.06. The standard InChI is InChI=1S/C14H19ClN2O3/c1-14(2,3)6-9(13(19)20)7-17-12(18)10-8-16-5-4-11(10)15/h4-5,8-9H,6-7H2,1-3H3,(H,17,18)(H,19,20). The van der Waals surface area contributed by atoms with E-state index < -0.39 is 17.8 Å². The maximum absolute atomic E-state index is 11.9. The molecule has 110 valence electrons. The summed E-state index contributed by atoms with van der Waals surface area (Å²) in [5.74, 6) is -1.96. The van der Waals surface area contributed by atoms with E-state index in [-0.39, 0.29) is 17.5 Å². The smallest absolute Gasteiger partial charge is 0.308 e. The van der Waals surface area contributed by atoms with Crippen LogP contribution in [0.1, 0.15) is 37.6 Å². The van der Waals surface area contributed by atoms with Gasteiger partial charge in [0, 0.05) is 18.9 Å². The van der Waals surface area contributed by atoms with E-state index in [1.165, 1.54) is 18.5 Å². The first-order valence-electron chi connectivity index (χ1n) is 6.31. The summed E-state index contributed by atoms with van der Waals surface area (Å²) in [4.78, 5) is 27.0. The molecule has 6 heteroatoms. The van der Waals surface area contributed by atoms with Gasteiger partial charge in [-0.05, 0) is 17.9 Å². The maximum atomic E-state index is 11.9.